The number of hydrogen-bond acceptors (Lipinski definition) is 2. The molecule has 3 heteroatoms. The number of hydrogen-bond donors (Lipinski definition) is 0. The molecule has 2 fully saturated rings. The monoisotopic (exact) mass is 417 g/mol. The second-order valence-electron chi connectivity index (χ2n) is 8.86. The minimum Gasteiger partial charge on any atom is -0.274 e. The Morgan fingerprint density at radius 1 is 0.656 bits per heavy atom. The van der Waals surface area contributed by atoms with Gasteiger partial charge in [-0.3, -0.25) is 9.59 Å². The van der Waals surface area contributed by atoms with Crippen LogP contribution in [0.25, 0.3) is 16.7 Å². The van der Waals surface area contributed by atoms with Crippen LogP contribution >= 0.6 is 0 Å². The first-order valence-corrected chi connectivity index (χ1v) is 11.1. The SMILES string of the molecule is CC(=C1[C@H]2C=C[C@H]1[C@H]1C(=O)N(c3ccc(-c4ccccc4)cc3)C(=O)[C@H]12)c1ccccc1. The summed E-state index contributed by atoms with van der Waals surface area (Å²) < 4.78 is 0. The summed E-state index contributed by atoms with van der Waals surface area (Å²) in [5.41, 5.74) is 6.45. The molecular formula is C29H23NO2. The Kier molecular flexibility index (Phi) is 4.25. The van der Waals surface area contributed by atoms with Crippen LogP contribution in [0.2, 0.25) is 0 Å². The summed E-state index contributed by atoms with van der Waals surface area (Å²) >= 11 is 0. The average Bonchev–Trinajstić information content (AvgIpc) is 3.49. The smallest absolute Gasteiger partial charge is 0.238 e. The van der Waals surface area contributed by atoms with E-state index < -0.39 is 0 Å². The zero-order valence-electron chi connectivity index (χ0n) is 17.8. The van der Waals surface area contributed by atoms with Gasteiger partial charge in [0.15, 0.2) is 0 Å². The van der Waals surface area contributed by atoms with Gasteiger partial charge in [-0.25, -0.2) is 4.90 Å². The Labute approximate surface area is 187 Å². The van der Waals surface area contributed by atoms with E-state index in [-0.39, 0.29) is 35.5 Å². The maximum absolute atomic E-state index is 13.5. The quantitative estimate of drug-likeness (QED) is 0.402. The van der Waals surface area contributed by atoms with Crippen molar-refractivity contribution in [3.05, 3.63) is 108 Å². The minimum atomic E-state index is -0.292. The Balaban J connectivity index is 1.33. The van der Waals surface area contributed by atoms with Crippen LogP contribution in [0.15, 0.2) is 103 Å². The second-order valence-corrected chi connectivity index (χ2v) is 8.86. The molecule has 2 aliphatic carbocycles. The summed E-state index contributed by atoms with van der Waals surface area (Å²) in [5, 5.41) is 0. The molecule has 3 nitrogen and oxygen atoms in total. The summed E-state index contributed by atoms with van der Waals surface area (Å²) in [6.45, 7) is 2.12. The molecule has 0 unspecified atom stereocenters. The van der Waals surface area contributed by atoms with Gasteiger partial charge in [0.2, 0.25) is 11.8 Å². The van der Waals surface area contributed by atoms with Gasteiger partial charge in [0, 0.05) is 11.8 Å². The van der Waals surface area contributed by atoms with Crippen molar-refractivity contribution in [2.24, 2.45) is 23.7 Å². The number of benzene rings is 3. The molecule has 2 bridgehead atoms. The van der Waals surface area contributed by atoms with Crippen molar-refractivity contribution in [2.45, 2.75) is 6.92 Å². The predicted molar refractivity (Wildman–Crippen MR) is 127 cm³/mol. The van der Waals surface area contributed by atoms with Gasteiger partial charge in [-0.15, -0.1) is 0 Å². The van der Waals surface area contributed by atoms with Crippen LogP contribution in [0.4, 0.5) is 5.69 Å². The fourth-order valence-electron chi connectivity index (χ4n) is 5.81. The lowest BCUT2D eigenvalue weighted by molar-refractivity contribution is -0.122. The van der Waals surface area contributed by atoms with Crippen LogP contribution in [0.1, 0.15) is 12.5 Å². The molecule has 156 valence electrons. The zero-order chi connectivity index (χ0) is 21.8. The standard InChI is InChI=1S/C29H23NO2/c1-18(19-8-4-2-5-9-19)25-23-16-17-24(25)27-26(23)28(31)30(29(27)32)22-14-12-21(13-15-22)20-10-6-3-7-11-20/h2-17,23-24,26-27H,1H3/t23-,24-,26-,27+/m1/s1. The van der Waals surface area contributed by atoms with E-state index in [0.717, 1.165) is 16.7 Å². The first kappa shape index (κ1) is 19.0. The Bertz CT molecular complexity index is 1240. The highest BCUT2D eigenvalue weighted by atomic mass is 16.2. The molecule has 1 saturated carbocycles. The van der Waals surface area contributed by atoms with Crippen molar-refractivity contribution in [3.63, 3.8) is 0 Å². The third kappa shape index (κ3) is 2.67. The van der Waals surface area contributed by atoms with Crippen LogP contribution in [0.3, 0.4) is 0 Å². The van der Waals surface area contributed by atoms with Gasteiger partial charge in [0.05, 0.1) is 17.5 Å². The van der Waals surface area contributed by atoms with Crippen LogP contribution in [-0.2, 0) is 9.59 Å². The fourth-order valence-corrected chi connectivity index (χ4v) is 5.81. The highest BCUT2D eigenvalue weighted by Crippen LogP contribution is 2.58. The number of anilines is 1. The number of rotatable bonds is 3. The van der Waals surface area contributed by atoms with E-state index in [4.69, 9.17) is 0 Å². The van der Waals surface area contributed by atoms with Gasteiger partial charge in [0.25, 0.3) is 0 Å². The van der Waals surface area contributed by atoms with Gasteiger partial charge in [-0.1, -0.05) is 90.5 Å². The van der Waals surface area contributed by atoms with Gasteiger partial charge in [0.1, 0.15) is 0 Å². The van der Waals surface area contributed by atoms with Gasteiger partial charge < -0.3 is 0 Å². The minimum absolute atomic E-state index is 0.00949. The second kappa shape index (κ2) is 7.16. The fraction of sp³-hybridized carbons (Fsp3) is 0.172. The summed E-state index contributed by atoms with van der Waals surface area (Å²) in [5.74, 6) is -0.698. The summed E-state index contributed by atoms with van der Waals surface area (Å²) in [7, 11) is 0. The zero-order valence-corrected chi connectivity index (χ0v) is 17.8. The van der Waals surface area contributed by atoms with Crippen LogP contribution in [0, 0.1) is 23.7 Å². The molecule has 1 saturated heterocycles. The molecule has 6 rings (SSSR count). The van der Waals surface area contributed by atoms with Crippen LogP contribution in [-0.4, -0.2) is 11.8 Å². The average molecular weight is 418 g/mol. The van der Waals surface area contributed by atoms with Crippen molar-refractivity contribution < 1.29 is 9.59 Å². The van der Waals surface area contributed by atoms with E-state index in [2.05, 4.69) is 43.3 Å². The normalized spacial score (nSPS) is 27.2. The molecule has 0 N–H and O–H groups in total. The molecule has 3 aromatic carbocycles. The van der Waals surface area contributed by atoms with Gasteiger partial charge in [-0.2, -0.15) is 0 Å². The topological polar surface area (TPSA) is 37.4 Å². The molecule has 2 amide bonds. The van der Waals surface area contributed by atoms with E-state index in [1.807, 2.05) is 60.7 Å². The molecule has 1 aliphatic heterocycles. The largest absolute Gasteiger partial charge is 0.274 e. The van der Waals surface area contributed by atoms with Crippen molar-refractivity contribution in [1.29, 1.82) is 0 Å². The first-order valence-electron chi connectivity index (χ1n) is 11.1. The number of carbonyl (C=O) groups is 2. The van der Waals surface area contributed by atoms with E-state index >= 15 is 0 Å². The molecule has 32 heavy (non-hydrogen) atoms. The maximum Gasteiger partial charge on any atom is 0.238 e. The molecule has 0 aromatic heterocycles. The lowest BCUT2D eigenvalue weighted by atomic mass is 9.85. The van der Waals surface area contributed by atoms with Crippen molar-refractivity contribution in [1.82, 2.24) is 0 Å². The Morgan fingerprint density at radius 3 is 1.72 bits per heavy atom. The molecule has 3 aromatic rings. The number of imide groups is 1. The molecule has 1 heterocycles. The highest BCUT2D eigenvalue weighted by Gasteiger charge is 2.62. The van der Waals surface area contributed by atoms with Crippen LogP contribution < -0.4 is 4.90 Å². The lowest BCUT2D eigenvalue weighted by Crippen LogP contribution is -2.33. The number of amides is 2. The summed E-state index contributed by atoms with van der Waals surface area (Å²) in [4.78, 5) is 28.4. The first-order chi connectivity index (χ1) is 15.6. The summed E-state index contributed by atoms with van der Waals surface area (Å²) in [6.07, 6.45) is 4.28. The number of fused-ring (bicyclic) bond motifs is 5. The van der Waals surface area contributed by atoms with E-state index in [1.165, 1.54) is 16.0 Å². The number of nitrogens with zero attached hydrogens (tertiary/aromatic N) is 1. The number of allylic oxidation sites excluding steroid dienone is 4. The number of carbonyl (C=O) groups excluding carboxylic acids is 2. The van der Waals surface area contributed by atoms with Crippen LogP contribution in [0.5, 0.6) is 0 Å². The summed E-state index contributed by atoms with van der Waals surface area (Å²) in [6, 6.07) is 28.1. The molecule has 4 atom stereocenters. The maximum atomic E-state index is 13.5. The van der Waals surface area contributed by atoms with Crippen molar-refractivity contribution in [2.75, 3.05) is 4.90 Å². The Hall–Kier alpha value is -3.72. The third-order valence-corrected chi connectivity index (χ3v) is 7.29. The predicted octanol–water partition coefficient (Wildman–Crippen LogP) is 5.75. The Morgan fingerprint density at radius 2 is 1.16 bits per heavy atom. The van der Waals surface area contributed by atoms with E-state index in [9.17, 15) is 9.59 Å². The third-order valence-electron chi connectivity index (χ3n) is 7.29. The van der Waals surface area contributed by atoms with Gasteiger partial charge >= 0.3 is 0 Å². The van der Waals surface area contributed by atoms with Crippen molar-refractivity contribution in [3.8, 4) is 11.1 Å². The lowest BCUT2D eigenvalue weighted by Gasteiger charge is -2.20. The van der Waals surface area contributed by atoms with Gasteiger partial charge in [-0.05, 0) is 41.3 Å². The molecule has 0 radical (unpaired) electrons. The van der Waals surface area contributed by atoms with E-state index in [1.54, 1.807) is 0 Å². The molecular weight excluding hydrogens is 394 g/mol. The van der Waals surface area contributed by atoms with Crippen molar-refractivity contribution >= 4 is 23.1 Å². The van der Waals surface area contributed by atoms with E-state index in [0.29, 0.717) is 5.69 Å². The molecule has 0 spiro atoms. The highest BCUT2D eigenvalue weighted by molar-refractivity contribution is 6.23. The molecule has 3 aliphatic rings.